The number of benzene rings is 1. The van der Waals surface area contributed by atoms with E-state index in [1.165, 1.54) is 12.5 Å². The molecule has 5 heteroatoms. The highest BCUT2D eigenvalue weighted by Gasteiger charge is 2.18. The summed E-state index contributed by atoms with van der Waals surface area (Å²) in [5.74, 6) is -0.357. The molecule has 110 valence electrons. The zero-order chi connectivity index (χ0) is 14.7. The molecular weight excluding hydrogens is 257 g/mol. The fourth-order valence-electron chi connectivity index (χ4n) is 2.76. The van der Waals surface area contributed by atoms with Crippen LogP contribution in [-0.4, -0.2) is 11.9 Å². The van der Waals surface area contributed by atoms with Crippen molar-refractivity contribution in [2.24, 2.45) is 11.7 Å². The molecule has 1 aliphatic carbocycles. The fraction of sp³-hybridized carbons (Fsp3) is 0.533. The molecule has 1 aromatic rings. The Balaban J connectivity index is 2.16. The number of primary amides is 1. The molecule has 2 rings (SSSR count). The smallest absolute Gasteiger partial charge is 0.250 e. The van der Waals surface area contributed by atoms with Gasteiger partial charge in [-0.3, -0.25) is 4.79 Å². The Bertz CT molecular complexity index is 504. The SMILES string of the molecule is CC1CCCC(Nc2cc(C(N)=O)c(N)cc2F)CC1. The summed E-state index contributed by atoms with van der Waals surface area (Å²) in [6, 6.07) is 2.81. The molecule has 0 spiro atoms. The minimum Gasteiger partial charge on any atom is -0.398 e. The van der Waals surface area contributed by atoms with Gasteiger partial charge in [0.25, 0.3) is 5.91 Å². The lowest BCUT2D eigenvalue weighted by Crippen LogP contribution is -2.21. The summed E-state index contributed by atoms with van der Waals surface area (Å²) in [5, 5.41) is 3.19. The predicted octanol–water partition coefficient (Wildman–Crippen LogP) is 2.89. The number of nitrogens with one attached hydrogen (secondary N) is 1. The number of nitrogen functional groups attached to an aromatic ring is 1. The Morgan fingerprint density at radius 3 is 2.75 bits per heavy atom. The normalized spacial score (nSPS) is 23.1. The molecule has 4 nitrogen and oxygen atoms in total. The summed E-state index contributed by atoms with van der Waals surface area (Å²) in [4.78, 5) is 11.3. The molecule has 0 aliphatic heterocycles. The number of nitrogens with two attached hydrogens (primary N) is 2. The fourth-order valence-corrected chi connectivity index (χ4v) is 2.76. The second-order valence-electron chi connectivity index (χ2n) is 5.74. The van der Waals surface area contributed by atoms with E-state index in [9.17, 15) is 9.18 Å². The van der Waals surface area contributed by atoms with E-state index in [4.69, 9.17) is 11.5 Å². The van der Waals surface area contributed by atoms with Gasteiger partial charge in [-0.25, -0.2) is 4.39 Å². The number of carbonyl (C=O) groups excluding carboxylic acids is 1. The Labute approximate surface area is 118 Å². The van der Waals surface area contributed by atoms with Crippen molar-refractivity contribution in [2.45, 2.75) is 45.1 Å². The summed E-state index contributed by atoms with van der Waals surface area (Å²) in [5.41, 5.74) is 11.4. The largest absolute Gasteiger partial charge is 0.398 e. The van der Waals surface area contributed by atoms with Crippen molar-refractivity contribution in [3.8, 4) is 0 Å². The van der Waals surface area contributed by atoms with Gasteiger partial charge in [0.15, 0.2) is 0 Å². The lowest BCUT2D eigenvalue weighted by Gasteiger charge is -2.19. The van der Waals surface area contributed by atoms with E-state index >= 15 is 0 Å². The first kappa shape index (κ1) is 14.6. The molecule has 1 aliphatic rings. The third kappa shape index (κ3) is 3.40. The number of hydrogen-bond donors (Lipinski definition) is 3. The van der Waals surface area contributed by atoms with Gasteiger partial charge in [-0.2, -0.15) is 0 Å². The van der Waals surface area contributed by atoms with Crippen molar-refractivity contribution in [1.29, 1.82) is 0 Å². The van der Waals surface area contributed by atoms with Gasteiger partial charge >= 0.3 is 0 Å². The van der Waals surface area contributed by atoms with Crippen molar-refractivity contribution in [1.82, 2.24) is 0 Å². The van der Waals surface area contributed by atoms with Crippen LogP contribution in [0, 0.1) is 11.7 Å². The van der Waals surface area contributed by atoms with Gasteiger partial charge in [-0.15, -0.1) is 0 Å². The number of anilines is 2. The first-order chi connectivity index (χ1) is 9.47. The molecule has 1 fully saturated rings. The van der Waals surface area contributed by atoms with Crippen LogP contribution in [0.5, 0.6) is 0 Å². The van der Waals surface area contributed by atoms with Crippen molar-refractivity contribution >= 4 is 17.3 Å². The highest BCUT2D eigenvalue weighted by molar-refractivity contribution is 5.99. The van der Waals surface area contributed by atoms with Crippen LogP contribution in [0.3, 0.4) is 0 Å². The van der Waals surface area contributed by atoms with Crippen LogP contribution in [0.15, 0.2) is 12.1 Å². The third-order valence-electron chi connectivity index (χ3n) is 4.02. The van der Waals surface area contributed by atoms with E-state index in [0.717, 1.165) is 37.7 Å². The van der Waals surface area contributed by atoms with E-state index in [2.05, 4.69) is 12.2 Å². The van der Waals surface area contributed by atoms with Crippen LogP contribution in [-0.2, 0) is 0 Å². The lowest BCUT2D eigenvalue weighted by molar-refractivity contribution is 0.100. The van der Waals surface area contributed by atoms with Gasteiger partial charge < -0.3 is 16.8 Å². The second kappa shape index (κ2) is 6.11. The summed E-state index contributed by atoms with van der Waals surface area (Å²) >= 11 is 0. The Morgan fingerprint density at radius 1 is 1.30 bits per heavy atom. The highest BCUT2D eigenvalue weighted by Crippen LogP contribution is 2.28. The Hall–Kier alpha value is -1.78. The van der Waals surface area contributed by atoms with Crippen LogP contribution < -0.4 is 16.8 Å². The van der Waals surface area contributed by atoms with Gasteiger partial charge in [-0.05, 0) is 37.3 Å². The quantitative estimate of drug-likeness (QED) is 0.588. The Morgan fingerprint density at radius 2 is 2.05 bits per heavy atom. The van der Waals surface area contributed by atoms with Gasteiger partial charge in [0.05, 0.1) is 11.3 Å². The average Bonchev–Trinajstić information content (AvgIpc) is 2.57. The zero-order valence-electron chi connectivity index (χ0n) is 11.8. The third-order valence-corrected chi connectivity index (χ3v) is 4.02. The zero-order valence-corrected chi connectivity index (χ0v) is 11.8. The molecule has 0 aromatic heterocycles. The van der Waals surface area contributed by atoms with Crippen molar-refractivity contribution < 1.29 is 9.18 Å². The molecule has 1 aromatic carbocycles. The van der Waals surface area contributed by atoms with Gasteiger partial charge in [0.1, 0.15) is 5.82 Å². The van der Waals surface area contributed by atoms with E-state index in [0.29, 0.717) is 5.69 Å². The number of halogens is 1. The van der Waals surface area contributed by atoms with Crippen LogP contribution >= 0.6 is 0 Å². The lowest BCUT2D eigenvalue weighted by atomic mass is 10.0. The van der Waals surface area contributed by atoms with Crippen LogP contribution in [0.1, 0.15) is 49.4 Å². The summed E-state index contributed by atoms with van der Waals surface area (Å²) in [6.07, 6.45) is 5.51. The maximum absolute atomic E-state index is 13.9. The number of hydrogen-bond acceptors (Lipinski definition) is 3. The average molecular weight is 279 g/mol. The van der Waals surface area contributed by atoms with E-state index in [1.807, 2.05) is 0 Å². The molecule has 0 radical (unpaired) electrons. The first-order valence-electron chi connectivity index (χ1n) is 7.12. The number of rotatable bonds is 3. The summed E-state index contributed by atoms with van der Waals surface area (Å²) in [6.45, 7) is 2.25. The minimum absolute atomic E-state index is 0.0787. The van der Waals surface area contributed by atoms with Gasteiger partial charge in [-0.1, -0.05) is 19.8 Å². The molecule has 0 saturated heterocycles. The molecule has 1 saturated carbocycles. The second-order valence-corrected chi connectivity index (χ2v) is 5.74. The standard InChI is InChI=1S/C15H22FN3O/c1-9-3-2-4-10(6-5-9)19-14-7-11(15(18)20)13(17)8-12(14)16/h7-10,19H,2-6,17H2,1H3,(H2,18,20). The molecule has 1 amide bonds. The number of amides is 1. The predicted molar refractivity (Wildman–Crippen MR) is 79.0 cm³/mol. The maximum Gasteiger partial charge on any atom is 0.250 e. The van der Waals surface area contributed by atoms with Gasteiger partial charge in [0, 0.05) is 11.7 Å². The van der Waals surface area contributed by atoms with E-state index < -0.39 is 11.7 Å². The molecule has 5 N–H and O–H groups in total. The number of carbonyl (C=O) groups is 1. The summed E-state index contributed by atoms with van der Waals surface area (Å²) in [7, 11) is 0. The highest BCUT2D eigenvalue weighted by atomic mass is 19.1. The van der Waals surface area contributed by atoms with Crippen LogP contribution in [0.25, 0.3) is 0 Å². The Kier molecular flexibility index (Phi) is 4.47. The van der Waals surface area contributed by atoms with Crippen molar-refractivity contribution in [3.05, 3.63) is 23.5 Å². The molecular formula is C15H22FN3O. The topological polar surface area (TPSA) is 81.1 Å². The van der Waals surface area contributed by atoms with E-state index in [1.54, 1.807) is 0 Å². The maximum atomic E-state index is 13.9. The van der Waals surface area contributed by atoms with Crippen LogP contribution in [0.4, 0.5) is 15.8 Å². The molecule has 20 heavy (non-hydrogen) atoms. The summed E-state index contributed by atoms with van der Waals surface area (Å²) < 4.78 is 13.9. The van der Waals surface area contributed by atoms with E-state index in [-0.39, 0.29) is 17.3 Å². The molecule has 0 bridgehead atoms. The van der Waals surface area contributed by atoms with Gasteiger partial charge in [0.2, 0.25) is 0 Å². The first-order valence-corrected chi connectivity index (χ1v) is 7.12. The van der Waals surface area contributed by atoms with Crippen LogP contribution in [0.2, 0.25) is 0 Å². The monoisotopic (exact) mass is 279 g/mol. The van der Waals surface area contributed by atoms with Crippen molar-refractivity contribution in [3.63, 3.8) is 0 Å². The molecule has 0 heterocycles. The molecule has 2 atom stereocenters. The molecule has 2 unspecified atom stereocenters. The minimum atomic E-state index is -0.639. The van der Waals surface area contributed by atoms with Crippen molar-refractivity contribution in [2.75, 3.05) is 11.1 Å².